The van der Waals surface area contributed by atoms with Crippen molar-refractivity contribution in [2.45, 2.75) is 6.92 Å². The van der Waals surface area contributed by atoms with Crippen molar-refractivity contribution in [3.63, 3.8) is 0 Å². The van der Waals surface area contributed by atoms with Crippen molar-refractivity contribution in [1.29, 1.82) is 0 Å². The molecule has 0 saturated carbocycles. The van der Waals surface area contributed by atoms with Crippen LogP contribution in [0, 0.1) is 6.92 Å². The maximum Gasteiger partial charge on any atom is 0.250 e. The van der Waals surface area contributed by atoms with Crippen LogP contribution in [-0.4, -0.2) is 29.5 Å². The predicted molar refractivity (Wildman–Crippen MR) is 107 cm³/mol. The van der Waals surface area contributed by atoms with Crippen LogP contribution in [0.15, 0.2) is 58.1 Å². The Morgan fingerprint density at radius 1 is 1.04 bits per heavy atom. The number of nitrogens with one attached hydrogen (secondary N) is 2. The number of halogens is 1. The summed E-state index contributed by atoms with van der Waals surface area (Å²) in [5, 5.41) is 6.68. The molecule has 2 N–H and O–H groups in total. The number of nitrogens with zero attached hydrogens (tertiary/aromatic N) is 1. The van der Waals surface area contributed by atoms with Gasteiger partial charge in [0.05, 0.1) is 17.7 Å². The molecule has 2 rings (SSSR count). The highest BCUT2D eigenvalue weighted by Crippen LogP contribution is 2.10. The number of carbonyl (C=O) groups excluding carboxylic acids is 2. The maximum atomic E-state index is 11.8. The highest BCUT2D eigenvalue weighted by molar-refractivity contribution is 9.10. The molecule has 2 amide bonds. The zero-order valence-corrected chi connectivity index (χ0v) is 16.1. The first-order valence-corrected chi connectivity index (χ1v) is 9.49. The van der Waals surface area contributed by atoms with E-state index in [-0.39, 0.29) is 23.3 Å². The molecular weight excluding hydrogens is 402 g/mol. The fraction of sp³-hybridized carbons (Fsp3) is 0.167. The van der Waals surface area contributed by atoms with Crippen molar-refractivity contribution in [2.75, 3.05) is 16.8 Å². The number of aryl methyl sites for hydroxylation is 1. The first kappa shape index (κ1) is 19.2. The van der Waals surface area contributed by atoms with Gasteiger partial charge in [-0.2, -0.15) is 5.10 Å². The standard InChI is InChI=1S/C18H18BrN3O2S/c1-13-2-8-16(9-3-13)21-17(23)11-25-12-18(24)22-20-10-14-4-6-15(19)7-5-14/h2-10H,11-12H2,1H3,(H,21,23)(H,22,24)/b20-10+. The summed E-state index contributed by atoms with van der Waals surface area (Å²) in [4.78, 5) is 23.5. The molecule has 0 fully saturated rings. The summed E-state index contributed by atoms with van der Waals surface area (Å²) >= 11 is 4.59. The Morgan fingerprint density at radius 2 is 1.68 bits per heavy atom. The molecule has 7 heteroatoms. The van der Waals surface area contributed by atoms with E-state index in [9.17, 15) is 9.59 Å². The maximum absolute atomic E-state index is 11.8. The molecule has 2 aromatic carbocycles. The molecule has 0 atom stereocenters. The summed E-state index contributed by atoms with van der Waals surface area (Å²) in [6.45, 7) is 1.99. The van der Waals surface area contributed by atoms with Crippen LogP contribution in [-0.2, 0) is 9.59 Å². The number of carbonyl (C=O) groups is 2. The van der Waals surface area contributed by atoms with Crippen LogP contribution in [0.2, 0.25) is 0 Å². The van der Waals surface area contributed by atoms with Crippen molar-refractivity contribution in [1.82, 2.24) is 5.43 Å². The summed E-state index contributed by atoms with van der Waals surface area (Å²) in [6, 6.07) is 15.1. The molecule has 0 heterocycles. The molecule has 0 aromatic heterocycles. The van der Waals surface area contributed by atoms with Gasteiger partial charge in [0.25, 0.3) is 0 Å². The molecule has 2 aromatic rings. The van der Waals surface area contributed by atoms with Gasteiger partial charge in [-0.25, -0.2) is 5.43 Å². The van der Waals surface area contributed by atoms with Crippen LogP contribution in [0.5, 0.6) is 0 Å². The van der Waals surface area contributed by atoms with Gasteiger partial charge in [0.15, 0.2) is 0 Å². The van der Waals surface area contributed by atoms with E-state index in [2.05, 4.69) is 31.8 Å². The lowest BCUT2D eigenvalue weighted by Gasteiger charge is -2.05. The van der Waals surface area contributed by atoms with Crippen molar-refractivity contribution < 1.29 is 9.59 Å². The number of hydrogen-bond donors (Lipinski definition) is 2. The van der Waals surface area contributed by atoms with Gasteiger partial charge in [0, 0.05) is 10.2 Å². The molecule has 5 nitrogen and oxygen atoms in total. The Kier molecular flexibility index (Phi) is 7.69. The Hall–Kier alpha value is -2.12. The Labute approximate surface area is 159 Å². The van der Waals surface area contributed by atoms with Crippen LogP contribution in [0.25, 0.3) is 0 Å². The summed E-state index contributed by atoms with van der Waals surface area (Å²) in [5.41, 5.74) is 5.21. The minimum atomic E-state index is -0.249. The quantitative estimate of drug-likeness (QED) is 0.532. The smallest absolute Gasteiger partial charge is 0.250 e. The molecular formula is C18H18BrN3O2S. The second-order valence-corrected chi connectivity index (χ2v) is 7.15. The molecule has 130 valence electrons. The Balaban J connectivity index is 1.65. The highest BCUT2D eigenvalue weighted by atomic mass is 79.9. The van der Waals surface area contributed by atoms with Crippen LogP contribution in [0.3, 0.4) is 0 Å². The average Bonchev–Trinajstić information content (AvgIpc) is 2.59. The van der Waals surface area contributed by atoms with Gasteiger partial charge in [-0.3, -0.25) is 9.59 Å². The molecule has 0 aliphatic rings. The van der Waals surface area contributed by atoms with Gasteiger partial charge >= 0.3 is 0 Å². The highest BCUT2D eigenvalue weighted by Gasteiger charge is 2.05. The summed E-state index contributed by atoms with van der Waals surface area (Å²) in [5.74, 6) is -0.0157. The minimum absolute atomic E-state index is 0.139. The molecule has 0 bridgehead atoms. The minimum Gasteiger partial charge on any atom is -0.325 e. The van der Waals surface area contributed by atoms with Gasteiger partial charge in [0.2, 0.25) is 11.8 Å². The van der Waals surface area contributed by atoms with Crippen molar-refractivity contribution in [3.05, 3.63) is 64.1 Å². The fourth-order valence-electron chi connectivity index (χ4n) is 1.83. The molecule has 25 heavy (non-hydrogen) atoms. The molecule has 0 aliphatic carbocycles. The Morgan fingerprint density at radius 3 is 2.36 bits per heavy atom. The van der Waals surface area contributed by atoms with Crippen LogP contribution in [0.1, 0.15) is 11.1 Å². The zero-order valence-electron chi connectivity index (χ0n) is 13.7. The second-order valence-electron chi connectivity index (χ2n) is 5.25. The van der Waals surface area contributed by atoms with E-state index in [0.29, 0.717) is 0 Å². The number of hydrazone groups is 1. The first-order valence-electron chi connectivity index (χ1n) is 7.54. The lowest BCUT2D eigenvalue weighted by atomic mass is 10.2. The van der Waals surface area contributed by atoms with Gasteiger partial charge in [-0.1, -0.05) is 45.8 Å². The topological polar surface area (TPSA) is 70.6 Å². The van der Waals surface area contributed by atoms with E-state index in [1.807, 2.05) is 55.5 Å². The van der Waals surface area contributed by atoms with Crippen molar-refractivity contribution in [2.24, 2.45) is 5.10 Å². The van der Waals surface area contributed by atoms with Gasteiger partial charge in [0.1, 0.15) is 0 Å². The predicted octanol–water partition coefficient (Wildman–Crippen LogP) is 3.58. The van der Waals surface area contributed by atoms with Gasteiger partial charge in [-0.05, 0) is 36.8 Å². The monoisotopic (exact) mass is 419 g/mol. The third-order valence-corrected chi connectivity index (χ3v) is 4.54. The van der Waals surface area contributed by atoms with E-state index in [4.69, 9.17) is 0 Å². The largest absolute Gasteiger partial charge is 0.325 e. The molecule has 0 saturated heterocycles. The lowest BCUT2D eigenvalue weighted by Crippen LogP contribution is -2.21. The van der Waals surface area contributed by atoms with E-state index in [1.165, 1.54) is 11.8 Å². The summed E-state index contributed by atoms with van der Waals surface area (Å²) in [6.07, 6.45) is 1.57. The van der Waals surface area contributed by atoms with E-state index in [0.717, 1.165) is 21.3 Å². The van der Waals surface area contributed by atoms with E-state index in [1.54, 1.807) is 6.21 Å². The summed E-state index contributed by atoms with van der Waals surface area (Å²) in [7, 11) is 0. The van der Waals surface area contributed by atoms with E-state index >= 15 is 0 Å². The van der Waals surface area contributed by atoms with Crippen molar-refractivity contribution >= 4 is 51.4 Å². The molecule has 0 aliphatic heterocycles. The lowest BCUT2D eigenvalue weighted by molar-refractivity contribution is -0.118. The Bertz CT molecular complexity index is 746. The van der Waals surface area contributed by atoms with Crippen LogP contribution >= 0.6 is 27.7 Å². The molecule has 0 spiro atoms. The molecule has 0 unspecified atom stereocenters. The van der Waals surface area contributed by atoms with Crippen LogP contribution < -0.4 is 10.7 Å². The fourth-order valence-corrected chi connectivity index (χ4v) is 2.70. The number of amides is 2. The number of hydrogen-bond acceptors (Lipinski definition) is 4. The number of thioether (sulfide) groups is 1. The SMILES string of the molecule is Cc1ccc(NC(=O)CSCC(=O)N/N=C/c2ccc(Br)cc2)cc1. The first-order chi connectivity index (χ1) is 12.0. The normalized spacial score (nSPS) is 10.6. The van der Waals surface area contributed by atoms with E-state index < -0.39 is 0 Å². The number of benzene rings is 2. The third-order valence-electron chi connectivity index (χ3n) is 3.07. The van der Waals surface area contributed by atoms with Crippen molar-refractivity contribution in [3.8, 4) is 0 Å². The van der Waals surface area contributed by atoms with Gasteiger partial charge < -0.3 is 5.32 Å². The number of rotatable bonds is 7. The molecule has 0 radical (unpaired) electrons. The zero-order chi connectivity index (χ0) is 18.1. The van der Waals surface area contributed by atoms with Crippen LogP contribution in [0.4, 0.5) is 5.69 Å². The second kappa shape index (κ2) is 10.0. The van der Waals surface area contributed by atoms with Gasteiger partial charge in [-0.15, -0.1) is 11.8 Å². The number of anilines is 1. The summed E-state index contributed by atoms with van der Waals surface area (Å²) < 4.78 is 0.981. The average molecular weight is 420 g/mol. The third kappa shape index (κ3) is 7.53.